The van der Waals surface area contributed by atoms with E-state index in [-0.39, 0.29) is 11.4 Å². The Balaban J connectivity index is 2.05. The fourth-order valence-electron chi connectivity index (χ4n) is 2.10. The van der Waals surface area contributed by atoms with E-state index < -0.39 is 9.85 Å². The number of para-hydroxylation sites is 1. The number of nitrogens with one attached hydrogen (secondary N) is 1. The number of nitro benzene ring substituents is 2. The maximum Gasteiger partial charge on any atom is 0.290 e. The molecular weight excluding hydrogens is 306 g/mol. The fraction of sp³-hybridized carbons (Fsp3) is 0. The highest BCUT2D eigenvalue weighted by Crippen LogP contribution is 2.39. The Hall–Kier alpha value is -2.87. The standard InChI is InChI=1S/C14H9N3O4S/c18-16(19)9-5-6-13(12(7-9)17(20)21)22-14-8-15-11-4-2-1-3-10(11)14/h1-8,15H. The second kappa shape index (κ2) is 5.49. The molecule has 0 aliphatic rings. The van der Waals surface area contributed by atoms with Gasteiger partial charge in [0.05, 0.1) is 20.8 Å². The number of nitro groups is 2. The molecule has 0 unspecified atom stereocenters. The second-order valence-corrected chi connectivity index (χ2v) is 5.55. The van der Waals surface area contributed by atoms with Crippen LogP contribution >= 0.6 is 11.8 Å². The van der Waals surface area contributed by atoms with E-state index in [1.807, 2.05) is 24.3 Å². The molecule has 1 heterocycles. The predicted octanol–water partition coefficient (Wildman–Crippen LogP) is 4.14. The lowest BCUT2D eigenvalue weighted by Crippen LogP contribution is -1.94. The summed E-state index contributed by atoms with van der Waals surface area (Å²) in [5.41, 5.74) is 0.356. The Morgan fingerprint density at radius 1 is 0.955 bits per heavy atom. The Labute approximate surface area is 128 Å². The third-order valence-corrected chi connectivity index (χ3v) is 4.24. The third-order valence-electron chi connectivity index (χ3n) is 3.12. The lowest BCUT2D eigenvalue weighted by molar-refractivity contribution is -0.396. The van der Waals surface area contributed by atoms with E-state index >= 15 is 0 Å². The number of aromatic nitrogens is 1. The molecule has 0 aliphatic carbocycles. The highest BCUT2D eigenvalue weighted by molar-refractivity contribution is 7.99. The Morgan fingerprint density at radius 3 is 2.45 bits per heavy atom. The van der Waals surface area contributed by atoms with Gasteiger partial charge < -0.3 is 4.98 Å². The molecule has 0 amide bonds. The van der Waals surface area contributed by atoms with Crippen LogP contribution < -0.4 is 0 Å². The van der Waals surface area contributed by atoms with E-state index in [4.69, 9.17) is 0 Å². The van der Waals surface area contributed by atoms with Gasteiger partial charge in [-0.2, -0.15) is 0 Å². The maximum absolute atomic E-state index is 11.2. The number of hydrogen-bond donors (Lipinski definition) is 1. The van der Waals surface area contributed by atoms with Crippen molar-refractivity contribution in [2.45, 2.75) is 9.79 Å². The van der Waals surface area contributed by atoms with Crippen LogP contribution in [-0.4, -0.2) is 14.8 Å². The van der Waals surface area contributed by atoms with Crippen molar-refractivity contribution in [3.8, 4) is 0 Å². The van der Waals surface area contributed by atoms with Gasteiger partial charge in [0, 0.05) is 28.1 Å². The highest BCUT2D eigenvalue weighted by atomic mass is 32.2. The largest absolute Gasteiger partial charge is 0.360 e. The smallest absolute Gasteiger partial charge is 0.290 e. The fourth-order valence-corrected chi connectivity index (χ4v) is 3.11. The summed E-state index contributed by atoms with van der Waals surface area (Å²) in [6.45, 7) is 0. The van der Waals surface area contributed by atoms with E-state index in [1.165, 1.54) is 23.9 Å². The Bertz CT molecular complexity index is 891. The summed E-state index contributed by atoms with van der Waals surface area (Å²) >= 11 is 1.20. The van der Waals surface area contributed by atoms with Crippen LogP contribution in [0.2, 0.25) is 0 Å². The van der Waals surface area contributed by atoms with Gasteiger partial charge in [0.1, 0.15) is 0 Å². The molecule has 7 nitrogen and oxygen atoms in total. The normalized spacial score (nSPS) is 10.7. The number of benzene rings is 2. The van der Waals surface area contributed by atoms with Crippen molar-refractivity contribution >= 4 is 34.0 Å². The highest BCUT2D eigenvalue weighted by Gasteiger charge is 2.20. The molecule has 8 heteroatoms. The van der Waals surface area contributed by atoms with E-state index in [0.717, 1.165) is 21.9 Å². The van der Waals surface area contributed by atoms with Crippen molar-refractivity contribution in [3.05, 3.63) is 68.9 Å². The molecular formula is C14H9N3O4S. The van der Waals surface area contributed by atoms with Crippen LogP contribution in [0.4, 0.5) is 11.4 Å². The SMILES string of the molecule is O=[N+]([O-])c1ccc(Sc2c[nH]c3ccccc23)c([N+](=O)[O-])c1. The molecule has 1 aromatic heterocycles. The first-order chi connectivity index (χ1) is 10.6. The van der Waals surface area contributed by atoms with E-state index in [2.05, 4.69) is 4.98 Å². The van der Waals surface area contributed by atoms with Crippen molar-refractivity contribution in [1.82, 2.24) is 4.98 Å². The molecule has 0 bridgehead atoms. The molecule has 0 saturated heterocycles. The summed E-state index contributed by atoms with van der Waals surface area (Å²) in [4.78, 5) is 24.9. The number of non-ortho nitro benzene ring substituents is 1. The minimum Gasteiger partial charge on any atom is -0.360 e. The van der Waals surface area contributed by atoms with Gasteiger partial charge in [-0.05, 0) is 12.1 Å². The summed E-state index contributed by atoms with van der Waals surface area (Å²) in [5, 5.41) is 22.8. The van der Waals surface area contributed by atoms with Gasteiger partial charge in [0.2, 0.25) is 0 Å². The number of H-pyrrole nitrogens is 1. The summed E-state index contributed by atoms with van der Waals surface area (Å²) in [6.07, 6.45) is 1.76. The number of rotatable bonds is 4. The van der Waals surface area contributed by atoms with Gasteiger partial charge in [-0.3, -0.25) is 20.2 Å². The third kappa shape index (κ3) is 2.51. The van der Waals surface area contributed by atoms with Crippen molar-refractivity contribution in [1.29, 1.82) is 0 Å². The molecule has 0 atom stereocenters. The molecule has 0 saturated carbocycles. The first-order valence-electron chi connectivity index (χ1n) is 6.23. The molecule has 0 spiro atoms. The molecule has 0 fully saturated rings. The first kappa shape index (κ1) is 14.1. The lowest BCUT2D eigenvalue weighted by Gasteiger charge is -2.02. The molecule has 0 radical (unpaired) electrons. The zero-order valence-electron chi connectivity index (χ0n) is 11.1. The zero-order valence-corrected chi connectivity index (χ0v) is 11.9. The van der Waals surface area contributed by atoms with E-state index in [9.17, 15) is 20.2 Å². The Morgan fingerprint density at radius 2 is 1.73 bits per heavy atom. The minimum atomic E-state index is -0.646. The van der Waals surface area contributed by atoms with Gasteiger partial charge in [0.25, 0.3) is 11.4 Å². The second-order valence-electron chi connectivity index (χ2n) is 4.47. The van der Waals surface area contributed by atoms with Crippen LogP contribution in [-0.2, 0) is 0 Å². The van der Waals surface area contributed by atoms with Crippen molar-refractivity contribution in [3.63, 3.8) is 0 Å². The average molecular weight is 315 g/mol. The van der Waals surface area contributed by atoms with Crippen molar-refractivity contribution in [2.24, 2.45) is 0 Å². The van der Waals surface area contributed by atoms with E-state index in [1.54, 1.807) is 6.20 Å². The molecule has 1 N–H and O–H groups in total. The summed E-state index contributed by atoms with van der Waals surface area (Å²) < 4.78 is 0. The summed E-state index contributed by atoms with van der Waals surface area (Å²) in [7, 11) is 0. The molecule has 2 aromatic carbocycles. The van der Waals surface area contributed by atoms with Gasteiger partial charge in [0.15, 0.2) is 0 Å². The maximum atomic E-state index is 11.2. The van der Waals surface area contributed by atoms with Crippen LogP contribution in [0.5, 0.6) is 0 Å². The van der Waals surface area contributed by atoms with Crippen LogP contribution in [0, 0.1) is 20.2 Å². The molecule has 110 valence electrons. The number of aromatic amines is 1. The van der Waals surface area contributed by atoms with Gasteiger partial charge in [-0.15, -0.1) is 0 Å². The van der Waals surface area contributed by atoms with Gasteiger partial charge >= 0.3 is 0 Å². The molecule has 0 aliphatic heterocycles. The first-order valence-corrected chi connectivity index (χ1v) is 7.04. The van der Waals surface area contributed by atoms with Gasteiger partial charge in [-0.25, -0.2) is 0 Å². The monoisotopic (exact) mass is 315 g/mol. The number of hydrogen-bond acceptors (Lipinski definition) is 5. The van der Waals surface area contributed by atoms with Crippen molar-refractivity contribution < 1.29 is 9.85 Å². The molecule has 3 rings (SSSR count). The lowest BCUT2D eigenvalue weighted by atomic mass is 10.2. The van der Waals surface area contributed by atoms with Crippen molar-refractivity contribution in [2.75, 3.05) is 0 Å². The number of nitrogens with zero attached hydrogens (tertiary/aromatic N) is 2. The topological polar surface area (TPSA) is 102 Å². The predicted molar refractivity (Wildman–Crippen MR) is 82.2 cm³/mol. The summed E-state index contributed by atoms with van der Waals surface area (Å²) in [6, 6.07) is 11.2. The number of fused-ring (bicyclic) bond motifs is 1. The quantitative estimate of drug-likeness (QED) is 0.576. The van der Waals surface area contributed by atoms with Gasteiger partial charge in [-0.1, -0.05) is 30.0 Å². The van der Waals surface area contributed by atoms with E-state index in [0.29, 0.717) is 4.90 Å². The molecule has 3 aromatic rings. The summed E-state index contributed by atoms with van der Waals surface area (Å²) in [5.74, 6) is 0. The van der Waals surface area contributed by atoms with Crippen LogP contribution in [0.25, 0.3) is 10.9 Å². The van der Waals surface area contributed by atoms with Crippen LogP contribution in [0.15, 0.2) is 58.5 Å². The van der Waals surface area contributed by atoms with Crippen LogP contribution in [0.3, 0.4) is 0 Å². The van der Waals surface area contributed by atoms with Crippen LogP contribution in [0.1, 0.15) is 0 Å². The zero-order chi connectivity index (χ0) is 15.7. The Kier molecular flexibility index (Phi) is 3.51. The minimum absolute atomic E-state index is 0.274. The average Bonchev–Trinajstić information content (AvgIpc) is 2.90. The molecule has 22 heavy (non-hydrogen) atoms.